The fourth-order valence-corrected chi connectivity index (χ4v) is 3.79. The van der Waals surface area contributed by atoms with Crippen LogP contribution in [0.5, 0.6) is 0 Å². The van der Waals surface area contributed by atoms with E-state index in [9.17, 15) is 9.59 Å². The van der Waals surface area contributed by atoms with E-state index in [2.05, 4.69) is 15.3 Å². The highest BCUT2D eigenvalue weighted by Gasteiger charge is 2.30. The summed E-state index contributed by atoms with van der Waals surface area (Å²) in [6.45, 7) is 7.24. The minimum atomic E-state index is -0.580. The van der Waals surface area contributed by atoms with Crippen LogP contribution >= 0.6 is 0 Å². The number of fused-ring (bicyclic) bond motifs is 1. The quantitative estimate of drug-likeness (QED) is 0.738. The van der Waals surface area contributed by atoms with E-state index in [1.165, 1.54) is 4.90 Å². The summed E-state index contributed by atoms with van der Waals surface area (Å²) < 4.78 is 10.7. The molecule has 1 N–H and O–H groups in total. The lowest BCUT2D eigenvalue weighted by Gasteiger charge is -2.23. The summed E-state index contributed by atoms with van der Waals surface area (Å²) in [6.07, 6.45) is 3.57. The standard InChI is InChI=1S/C23H28N4O4/c1-23(2,3)31-20(28)14-27-13-16-5-4-15(12-18(16)21(27)29)19-6-9-24-22(26-19)25-17-7-10-30-11-8-17/h4-6,9,12,17H,7-8,10-11,13-14H2,1-3H3,(H,24,25,26). The first-order chi connectivity index (χ1) is 14.8. The van der Waals surface area contributed by atoms with E-state index in [4.69, 9.17) is 9.47 Å². The van der Waals surface area contributed by atoms with Crippen LogP contribution in [0, 0.1) is 0 Å². The van der Waals surface area contributed by atoms with Crippen LogP contribution in [0.3, 0.4) is 0 Å². The van der Waals surface area contributed by atoms with Crippen molar-refractivity contribution in [3.05, 3.63) is 41.6 Å². The zero-order valence-electron chi connectivity index (χ0n) is 18.2. The molecule has 2 aliphatic heterocycles. The summed E-state index contributed by atoms with van der Waals surface area (Å²) in [5, 5.41) is 3.37. The van der Waals surface area contributed by atoms with Gasteiger partial charge in [0, 0.05) is 43.1 Å². The molecule has 31 heavy (non-hydrogen) atoms. The topological polar surface area (TPSA) is 93.7 Å². The van der Waals surface area contributed by atoms with E-state index in [1.807, 2.05) is 45.0 Å². The number of hydrogen-bond donors (Lipinski definition) is 1. The van der Waals surface area contributed by atoms with Gasteiger partial charge < -0.3 is 19.7 Å². The van der Waals surface area contributed by atoms with Crippen LogP contribution in [-0.2, 0) is 20.8 Å². The van der Waals surface area contributed by atoms with Crippen LogP contribution in [0.15, 0.2) is 30.5 Å². The number of nitrogens with zero attached hydrogens (tertiary/aromatic N) is 3. The maximum absolute atomic E-state index is 12.9. The van der Waals surface area contributed by atoms with Gasteiger partial charge in [0.2, 0.25) is 5.95 Å². The van der Waals surface area contributed by atoms with Crippen molar-refractivity contribution in [2.45, 2.75) is 51.8 Å². The molecule has 1 aromatic heterocycles. The Morgan fingerprint density at radius 3 is 2.77 bits per heavy atom. The number of esters is 1. The molecular weight excluding hydrogens is 396 g/mol. The van der Waals surface area contributed by atoms with Crippen molar-refractivity contribution >= 4 is 17.8 Å². The number of anilines is 1. The highest BCUT2D eigenvalue weighted by molar-refractivity contribution is 6.00. The van der Waals surface area contributed by atoms with Gasteiger partial charge >= 0.3 is 5.97 Å². The monoisotopic (exact) mass is 424 g/mol. The summed E-state index contributed by atoms with van der Waals surface area (Å²) >= 11 is 0. The minimum absolute atomic E-state index is 0.0627. The second-order valence-corrected chi connectivity index (χ2v) is 8.92. The minimum Gasteiger partial charge on any atom is -0.459 e. The molecule has 0 bridgehead atoms. The Morgan fingerprint density at radius 1 is 1.26 bits per heavy atom. The summed E-state index contributed by atoms with van der Waals surface area (Å²) in [5.41, 5.74) is 2.49. The van der Waals surface area contributed by atoms with Gasteiger partial charge in [-0.1, -0.05) is 12.1 Å². The molecule has 4 rings (SSSR count). The number of carbonyl (C=O) groups excluding carboxylic acids is 2. The Balaban J connectivity index is 1.47. The molecule has 1 fully saturated rings. The zero-order valence-corrected chi connectivity index (χ0v) is 18.2. The van der Waals surface area contributed by atoms with Crippen LogP contribution < -0.4 is 5.32 Å². The summed E-state index contributed by atoms with van der Waals surface area (Å²) in [5.74, 6) is -0.00592. The number of hydrogen-bond acceptors (Lipinski definition) is 7. The van der Waals surface area contributed by atoms with Crippen molar-refractivity contribution in [2.24, 2.45) is 0 Å². The number of nitrogens with one attached hydrogen (secondary N) is 1. The molecule has 0 saturated carbocycles. The van der Waals surface area contributed by atoms with Gasteiger partial charge in [-0.15, -0.1) is 0 Å². The predicted molar refractivity (Wildman–Crippen MR) is 116 cm³/mol. The van der Waals surface area contributed by atoms with Gasteiger partial charge in [-0.3, -0.25) is 9.59 Å². The molecule has 164 valence electrons. The molecule has 0 spiro atoms. The first kappa shape index (κ1) is 21.2. The Hall–Kier alpha value is -3.00. The SMILES string of the molecule is CC(C)(C)OC(=O)CN1Cc2ccc(-c3ccnc(NC4CCOCC4)n3)cc2C1=O. The molecule has 0 unspecified atom stereocenters. The summed E-state index contributed by atoms with van der Waals surface area (Å²) in [7, 11) is 0. The fourth-order valence-electron chi connectivity index (χ4n) is 3.79. The van der Waals surface area contributed by atoms with E-state index in [0.29, 0.717) is 24.1 Å². The van der Waals surface area contributed by atoms with Crippen molar-refractivity contribution in [1.29, 1.82) is 0 Å². The van der Waals surface area contributed by atoms with Crippen LogP contribution in [0.4, 0.5) is 5.95 Å². The van der Waals surface area contributed by atoms with E-state index in [-0.39, 0.29) is 12.5 Å². The molecule has 2 aromatic rings. The average molecular weight is 425 g/mol. The van der Waals surface area contributed by atoms with Crippen molar-refractivity contribution < 1.29 is 19.1 Å². The number of aromatic nitrogens is 2. The maximum Gasteiger partial charge on any atom is 0.326 e. The third-order valence-corrected chi connectivity index (χ3v) is 5.23. The number of carbonyl (C=O) groups is 2. The third-order valence-electron chi connectivity index (χ3n) is 5.23. The van der Waals surface area contributed by atoms with E-state index in [1.54, 1.807) is 6.20 Å². The van der Waals surface area contributed by atoms with Gasteiger partial charge in [0.25, 0.3) is 5.91 Å². The molecular formula is C23H28N4O4. The van der Waals surface area contributed by atoms with Crippen molar-refractivity contribution in [3.8, 4) is 11.3 Å². The summed E-state index contributed by atoms with van der Waals surface area (Å²) in [4.78, 5) is 35.5. The van der Waals surface area contributed by atoms with Crippen molar-refractivity contribution in [2.75, 3.05) is 25.1 Å². The predicted octanol–water partition coefficient (Wildman–Crippen LogP) is 3.03. The third kappa shape index (κ3) is 5.19. The first-order valence-corrected chi connectivity index (χ1v) is 10.6. The Bertz CT molecular complexity index is 980. The van der Waals surface area contributed by atoms with E-state index >= 15 is 0 Å². The number of amides is 1. The lowest BCUT2D eigenvalue weighted by molar-refractivity contribution is -0.155. The maximum atomic E-state index is 12.9. The molecule has 0 radical (unpaired) electrons. The molecule has 8 nitrogen and oxygen atoms in total. The van der Waals surface area contributed by atoms with Gasteiger partial charge in [-0.05, 0) is 51.3 Å². The first-order valence-electron chi connectivity index (χ1n) is 10.6. The smallest absolute Gasteiger partial charge is 0.326 e. The molecule has 1 aromatic carbocycles. The number of ether oxygens (including phenoxy) is 2. The van der Waals surface area contributed by atoms with Gasteiger partial charge in [-0.2, -0.15) is 0 Å². The number of rotatable bonds is 5. The second-order valence-electron chi connectivity index (χ2n) is 8.92. The van der Waals surface area contributed by atoms with Crippen LogP contribution in [0.1, 0.15) is 49.5 Å². The van der Waals surface area contributed by atoms with Gasteiger partial charge in [-0.25, -0.2) is 9.97 Å². The molecule has 3 heterocycles. The molecule has 0 aliphatic carbocycles. The van der Waals surface area contributed by atoms with Crippen molar-refractivity contribution in [1.82, 2.24) is 14.9 Å². The lowest BCUT2D eigenvalue weighted by atomic mass is 10.0. The van der Waals surface area contributed by atoms with Crippen LogP contribution in [0.2, 0.25) is 0 Å². The number of benzene rings is 1. The Kier molecular flexibility index (Phi) is 5.91. The van der Waals surface area contributed by atoms with E-state index < -0.39 is 11.6 Å². The van der Waals surface area contributed by atoms with Crippen LogP contribution in [-0.4, -0.2) is 58.1 Å². The molecule has 0 atom stereocenters. The Morgan fingerprint density at radius 2 is 2.03 bits per heavy atom. The van der Waals surface area contributed by atoms with Gasteiger partial charge in [0.1, 0.15) is 12.1 Å². The second kappa shape index (κ2) is 8.63. The zero-order chi connectivity index (χ0) is 22.0. The molecule has 8 heteroatoms. The normalized spacial score (nSPS) is 16.9. The molecule has 1 saturated heterocycles. The van der Waals surface area contributed by atoms with Crippen LogP contribution in [0.25, 0.3) is 11.3 Å². The fraction of sp³-hybridized carbons (Fsp3) is 0.478. The highest BCUT2D eigenvalue weighted by atomic mass is 16.6. The van der Waals surface area contributed by atoms with E-state index in [0.717, 1.165) is 42.9 Å². The highest BCUT2D eigenvalue weighted by Crippen LogP contribution is 2.28. The van der Waals surface area contributed by atoms with Crippen molar-refractivity contribution in [3.63, 3.8) is 0 Å². The lowest BCUT2D eigenvalue weighted by Crippen LogP contribution is -2.35. The summed E-state index contributed by atoms with van der Waals surface area (Å²) in [6, 6.07) is 7.84. The molecule has 2 aliphatic rings. The Labute approximate surface area is 182 Å². The molecule has 1 amide bonds. The van der Waals surface area contributed by atoms with Gasteiger partial charge in [0.15, 0.2) is 0 Å². The van der Waals surface area contributed by atoms with Gasteiger partial charge in [0.05, 0.1) is 5.69 Å². The largest absolute Gasteiger partial charge is 0.459 e. The average Bonchev–Trinajstić information content (AvgIpc) is 3.02.